The number of esters is 1. The van der Waals surface area contributed by atoms with Crippen LogP contribution in [-0.4, -0.2) is 15.7 Å². The maximum Gasteiger partial charge on any atom is 0.338 e. The van der Waals surface area contributed by atoms with Crippen LogP contribution in [0.3, 0.4) is 0 Å². The molecule has 0 spiro atoms. The predicted molar refractivity (Wildman–Crippen MR) is 68.2 cm³/mol. The van der Waals surface area contributed by atoms with Crippen LogP contribution in [-0.2, 0) is 18.4 Å². The van der Waals surface area contributed by atoms with E-state index in [2.05, 4.69) is 5.10 Å². The van der Waals surface area contributed by atoms with Crippen LogP contribution in [0.2, 0.25) is 5.02 Å². The summed E-state index contributed by atoms with van der Waals surface area (Å²) >= 11 is 5.81. The molecule has 0 fully saturated rings. The van der Waals surface area contributed by atoms with Crippen LogP contribution in [0.4, 0.5) is 5.69 Å². The Kier molecular flexibility index (Phi) is 3.53. The van der Waals surface area contributed by atoms with E-state index in [4.69, 9.17) is 22.1 Å². The summed E-state index contributed by atoms with van der Waals surface area (Å²) in [5.74, 6) is -0.477. The number of nitrogen functional groups attached to an aromatic ring is 1. The highest BCUT2D eigenvalue weighted by molar-refractivity contribution is 6.31. The zero-order valence-corrected chi connectivity index (χ0v) is 10.5. The van der Waals surface area contributed by atoms with Crippen LogP contribution in [0.25, 0.3) is 0 Å². The van der Waals surface area contributed by atoms with Gasteiger partial charge in [0, 0.05) is 24.0 Å². The number of halogens is 1. The van der Waals surface area contributed by atoms with Crippen LogP contribution in [0.5, 0.6) is 0 Å². The van der Waals surface area contributed by atoms with Gasteiger partial charge in [0.25, 0.3) is 0 Å². The van der Waals surface area contributed by atoms with Gasteiger partial charge in [-0.15, -0.1) is 0 Å². The van der Waals surface area contributed by atoms with Crippen LogP contribution in [0, 0.1) is 0 Å². The Balaban J connectivity index is 2.03. The lowest BCUT2D eigenvalue weighted by Crippen LogP contribution is -2.06. The van der Waals surface area contributed by atoms with Crippen molar-refractivity contribution in [3.63, 3.8) is 0 Å². The lowest BCUT2D eigenvalue weighted by Gasteiger charge is -2.04. The molecule has 0 atom stereocenters. The third kappa shape index (κ3) is 3.01. The van der Waals surface area contributed by atoms with Gasteiger partial charge in [-0.2, -0.15) is 5.10 Å². The molecule has 0 unspecified atom stereocenters. The number of aryl methyl sites for hydroxylation is 1. The summed E-state index contributed by atoms with van der Waals surface area (Å²) in [7, 11) is 1.79. The van der Waals surface area contributed by atoms with Crippen molar-refractivity contribution < 1.29 is 9.53 Å². The standard InChI is InChI=1S/C12H12ClN3O2/c1-16-3-2-11(15-16)7-18-12(17)8-4-9(13)6-10(14)5-8/h2-6H,7,14H2,1H3. The van der Waals surface area contributed by atoms with Crippen molar-refractivity contribution in [1.82, 2.24) is 9.78 Å². The molecule has 2 aromatic rings. The van der Waals surface area contributed by atoms with Crippen molar-refractivity contribution in [2.24, 2.45) is 7.05 Å². The Hall–Kier alpha value is -2.01. The number of hydrogen-bond acceptors (Lipinski definition) is 4. The van der Waals surface area contributed by atoms with Gasteiger partial charge in [0.05, 0.1) is 11.3 Å². The molecule has 0 saturated heterocycles. The normalized spacial score (nSPS) is 10.3. The summed E-state index contributed by atoms with van der Waals surface area (Å²) in [4.78, 5) is 11.8. The minimum absolute atomic E-state index is 0.117. The highest BCUT2D eigenvalue weighted by Crippen LogP contribution is 2.17. The molecule has 0 aliphatic carbocycles. The second-order valence-electron chi connectivity index (χ2n) is 3.83. The van der Waals surface area contributed by atoms with E-state index in [0.29, 0.717) is 22.0 Å². The van der Waals surface area contributed by atoms with E-state index in [1.54, 1.807) is 30.1 Å². The van der Waals surface area contributed by atoms with E-state index in [-0.39, 0.29) is 6.61 Å². The van der Waals surface area contributed by atoms with E-state index in [1.165, 1.54) is 12.1 Å². The molecule has 0 aliphatic heterocycles. The number of ether oxygens (including phenoxy) is 1. The Morgan fingerprint density at radius 3 is 2.89 bits per heavy atom. The summed E-state index contributed by atoms with van der Waals surface area (Å²) in [5, 5.41) is 4.50. The first-order chi connectivity index (χ1) is 8.54. The smallest absolute Gasteiger partial charge is 0.338 e. The first-order valence-corrected chi connectivity index (χ1v) is 5.64. The van der Waals surface area contributed by atoms with Crippen molar-refractivity contribution in [3.05, 3.63) is 46.7 Å². The number of rotatable bonds is 3. The molecule has 94 valence electrons. The molecule has 0 bridgehead atoms. The molecule has 0 radical (unpaired) electrons. The number of anilines is 1. The third-order valence-corrected chi connectivity index (χ3v) is 2.49. The van der Waals surface area contributed by atoms with Gasteiger partial charge in [0.2, 0.25) is 0 Å². The second-order valence-corrected chi connectivity index (χ2v) is 4.27. The second kappa shape index (κ2) is 5.10. The zero-order valence-electron chi connectivity index (χ0n) is 9.76. The van der Waals surface area contributed by atoms with Gasteiger partial charge in [0.1, 0.15) is 6.61 Å². The predicted octanol–water partition coefficient (Wildman–Crippen LogP) is 2.01. The van der Waals surface area contributed by atoms with E-state index >= 15 is 0 Å². The molecule has 0 amide bonds. The van der Waals surface area contributed by atoms with E-state index < -0.39 is 5.97 Å². The SMILES string of the molecule is Cn1ccc(COC(=O)c2cc(N)cc(Cl)c2)n1. The van der Waals surface area contributed by atoms with Gasteiger partial charge in [-0.25, -0.2) is 4.79 Å². The molecule has 2 N–H and O–H groups in total. The molecule has 2 rings (SSSR count). The molecule has 1 heterocycles. The Morgan fingerprint density at radius 2 is 2.28 bits per heavy atom. The third-order valence-electron chi connectivity index (χ3n) is 2.28. The van der Waals surface area contributed by atoms with Crippen molar-refractivity contribution >= 4 is 23.3 Å². The highest BCUT2D eigenvalue weighted by atomic mass is 35.5. The summed E-state index contributed by atoms with van der Waals surface area (Å²) in [5.41, 5.74) is 7.03. The summed E-state index contributed by atoms with van der Waals surface area (Å²) in [6.07, 6.45) is 1.78. The molecule has 1 aromatic carbocycles. The minimum atomic E-state index is -0.477. The van der Waals surface area contributed by atoms with Crippen LogP contribution in [0.15, 0.2) is 30.5 Å². The van der Waals surface area contributed by atoms with Gasteiger partial charge in [0.15, 0.2) is 0 Å². The van der Waals surface area contributed by atoms with Crippen molar-refractivity contribution in [3.8, 4) is 0 Å². The minimum Gasteiger partial charge on any atom is -0.456 e. The summed E-state index contributed by atoms with van der Waals surface area (Å²) < 4.78 is 6.75. The topological polar surface area (TPSA) is 70.1 Å². The first-order valence-electron chi connectivity index (χ1n) is 5.26. The van der Waals surface area contributed by atoms with E-state index in [0.717, 1.165) is 0 Å². The average Bonchev–Trinajstić information content (AvgIpc) is 2.70. The molecular formula is C12H12ClN3O2. The highest BCUT2D eigenvalue weighted by Gasteiger charge is 2.10. The van der Waals surface area contributed by atoms with Gasteiger partial charge < -0.3 is 10.5 Å². The number of hydrogen-bond donors (Lipinski definition) is 1. The summed E-state index contributed by atoms with van der Waals surface area (Å²) in [6, 6.07) is 6.38. The quantitative estimate of drug-likeness (QED) is 0.681. The number of benzene rings is 1. The fourth-order valence-electron chi connectivity index (χ4n) is 1.49. The Labute approximate surface area is 109 Å². The van der Waals surface area contributed by atoms with Crippen LogP contribution < -0.4 is 5.73 Å². The number of nitrogens with zero attached hydrogens (tertiary/aromatic N) is 2. The van der Waals surface area contributed by atoms with Crippen molar-refractivity contribution in [1.29, 1.82) is 0 Å². The maximum absolute atomic E-state index is 11.8. The summed E-state index contributed by atoms with van der Waals surface area (Å²) in [6.45, 7) is 0.117. The van der Waals surface area contributed by atoms with E-state index in [9.17, 15) is 4.79 Å². The lowest BCUT2D eigenvalue weighted by atomic mass is 10.2. The Morgan fingerprint density at radius 1 is 1.50 bits per heavy atom. The van der Waals surface area contributed by atoms with Crippen LogP contribution >= 0.6 is 11.6 Å². The fourth-order valence-corrected chi connectivity index (χ4v) is 1.74. The van der Waals surface area contributed by atoms with Crippen LogP contribution in [0.1, 0.15) is 16.1 Å². The number of carbonyl (C=O) groups excluding carboxylic acids is 1. The van der Waals surface area contributed by atoms with Gasteiger partial charge >= 0.3 is 5.97 Å². The van der Waals surface area contributed by atoms with Gasteiger partial charge in [-0.1, -0.05) is 11.6 Å². The zero-order chi connectivity index (χ0) is 13.1. The number of carbonyl (C=O) groups is 1. The van der Waals surface area contributed by atoms with Crippen molar-refractivity contribution in [2.45, 2.75) is 6.61 Å². The average molecular weight is 266 g/mol. The molecular weight excluding hydrogens is 254 g/mol. The van der Waals surface area contributed by atoms with Gasteiger partial charge in [-0.05, 0) is 24.3 Å². The van der Waals surface area contributed by atoms with Crippen molar-refractivity contribution in [2.75, 3.05) is 5.73 Å². The molecule has 6 heteroatoms. The largest absolute Gasteiger partial charge is 0.456 e. The lowest BCUT2D eigenvalue weighted by molar-refractivity contribution is 0.0467. The molecule has 0 saturated carbocycles. The fraction of sp³-hybridized carbons (Fsp3) is 0.167. The number of nitrogens with two attached hydrogens (primary N) is 1. The maximum atomic E-state index is 11.8. The monoisotopic (exact) mass is 265 g/mol. The molecule has 5 nitrogen and oxygen atoms in total. The molecule has 1 aromatic heterocycles. The molecule has 0 aliphatic rings. The molecule has 18 heavy (non-hydrogen) atoms. The Bertz CT molecular complexity index is 560. The first kappa shape index (κ1) is 12.4. The van der Waals surface area contributed by atoms with E-state index in [1.807, 2.05) is 0 Å². The van der Waals surface area contributed by atoms with Gasteiger partial charge in [-0.3, -0.25) is 4.68 Å². The number of aromatic nitrogens is 2.